The van der Waals surface area contributed by atoms with Gasteiger partial charge in [-0.15, -0.1) is 11.3 Å². The van der Waals surface area contributed by atoms with Crippen molar-refractivity contribution in [2.24, 2.45) is 5.41 Å². The standard InChI is InChI=1S/C21H27N3O3S/c1-23(2)14-15-13-21(20(26)27-15)9-11-24(12-10-21)19(25)8-7-18-22-16-5-3-4-6-17(16)28-18/h3-6,15H,7-14H2,1-2H3. The van der Waals surface area contributed by atoms with Crippen molar-refractivity contribution in [1.29, 1.82) is 0 Å². The molecule has 0 aliphatic carbocycles. The Labute approximate surface area is 169 Å². The fraction of sp³-hybridized carbons (Fsp3) is 0.571. The van der Waals surface area contributed by atoms with Crippen LogP contribution in [0.3, 0.4) is 0 Å². The summed E-state index contributed by atoms with van der Waals surface area (Å²) >= 11 is 1.66. The maximum absolute atomic E-state index is 12.7. The normalized spacial score (nSPS) is 21.6. The van der Waals surface area contributed by atoms with Crippen LogP contribution >= 0.6 is 11.3 Å². The number of likely N-dealkylation sites (N-methyl/N-ethyl adjacent to an activating group) is 1. The quantitative estimate of drug-likeness (QED) is 0.721. The van der Waals surface area contributed by atoms with Crippen LogP contribution < -0.4 is 0 Å². The smallest absolute Gasteiger partial charge is 0.312 e. The van der Waals surface area contributed by atoms with Gasteiger partial charge in [0.2, 0.25) is 5.91 Å². The average molecular weight is 402 g/mol. The number of carbonyl (C=O) groups is 2. The largest absolute Gasteiger partial charge is 0.461 e. The van der Waals surface area contributed by atoms with Crippen LogP contribution in [0.25, 0.3) is 10.2 Å². The van der Waals surface area contributed by atoms with Crippen LogP contribution in [0.5, 0.6) is 0 Å². The van der Waals surface area contributed by atoms with E-state index in [0.29, 0.717) is 38.8 Å². The number of nitrogens with zero attached hydrogens (tertiary/aromatic N) is 3. The third-order valence-corrected chi connectivity index (χ3v) is 6.95. The number of esters is 1. The van der Waals surface area contributed by atoms with E-state index < -0.39 is 0 Å². The molecule has 4 rings (SSSR count). The van der Waals surface area contributed by atoms with E-state index in [-0.39, 0.29) is 23.4 Å². The number of amides is 1. The molecule has 2 saturated heterocycles. The van der Waals surface area contributed by atoms with E-state index in [1.807, 2.05) is 37.2 Å². The number of cyclic esters (lactones) is 1. The van der Waals surface area contributed by atoms with Crippen LogP contribution in [0.2, 0.25) is 0 Å². The first-order valence-corrected chi connectivity index (χ1v) is 10.7. The molecule has 1 atom stereocenters. The number of likely N-dealkylation sites (tertiary alicyclic amines) is 1. The Morgan fingerprint density at radius 3 is 2.79 bits per heavy atom. The summed E-state index contributed by atoms with van der Waals surface area (Å²) in [6.45, 7) is 2.04. The number of thiazole rings is 1. The molecule has 28 heavy (non-hydrogen) atoms. The van der Waals surface area contributed by atoms with E-state index in [1.54, 1.807) is 11.3 Å². The molecule has 6 nitrogen and oxygen atoms in total. The first-order chi connectivity index (χ1) is 13.4. The summed E-state index contributed by atoms with van der Waals surface area (Å²) in [4.78, 5) is 33.7. The van der Waals surface area contributed by atoms with E-state index in [0.717, 1.165) is 28.2 Å². The summed E-state index contributed by atoms with van der Waals surface area (Å²) in [6, 6.07) is 8.06. The topological polar surface area (TPSA) is 62.7 Å². The number of fused-ring (bicyclic) bond motifs is 1. The van der Waals surface area contributed by atoms with Crippen LogP contribution in [0.4, 0.5) is 0 Å². The van der Waals surface area contributed by atoms with Gasteiger partial charge in [0.1, 0.15) is 6.10 Å². The SMILES string of the molecule is CN(C)CC1CC2(CCN(C(=O)CCc3nc4ccccc4s3)CC2)C(=O)O1. The lowest BCUT2D eigenvalue weighted by Crippen LogP contribution is -2.45. The highest BCUT2D eigenvalue weighted by Crippen LogP contribution is 2.43. The number of para-hydroxylation sites is 1. The minimum absolute atomic E-state index is 0.0243. The van der Waals surface area contributed by atoms with Gasteiger partial charge in [0.25, 0.3) is 0 Å². The molecule has 150 valence electrons. The Kier molecular flexibility index (Phi) is 5.38. The van der Waals surface area contributed by atoms with Crippen molar-refractivity contribution in [3.8, 4) is 0 Å². The highest BCUT2D eigenvalue weighted by Gasteiger charge is 2.50. The molecular weight excluding hydrogens is 374 g/mol. The molecule has 2 fully saturated rings. The van der Waals surface area contributed by atoms with Crippen LogP contribution in [0.1, 0.15) is 30.7 Å². The van der Waals surface area contributed by atoms with E-state index >= 15 is 0 Å². The molecule has 1 amide bonds. The molecule has 1 aromatic heterocycles. The van der Waals surface area contributed by atoms with Crippen molar-refractivity contribution in [2.75, 3.05) is 33.7 Å². The van der Waals surface area contributed by atoms with Crippen molar-refractivity contribution in [2.45, 2.75) is 38.2 Å². The van der Waals surface area contributed by atoms with Gasteiger partial charge in [-0.3, -0.25) is 9.59 Å². The molecule has 1 unspecified atom stereocenters. The number of aryl methyl sites for hydroxylation is 1. The highest BCUT2D eigenvalue weighted by atomic mass is 32.1. The minimum Gasteiger partial charge on any atom is -0.461 e. The van der Waals surface area contributed by atoms with Gasteiger partial charge in [0.15, 0.2) is 0 Å². The van der Waals surface area contributed by atoms with Crippen molar-refractivity contribution in [3.63, 3.8) is 0 Å². The monoisotopic (exact) mass is 401 g/mol. The number of hydrogen-bond acceptors (Lipinski definition) is 6. The summed E-state index contributed by atoms with van der Waals surface area (Å²) in [6.07, 6.45) is 3.32. The van der Waals surface area contributed by atoms with Gasteiger partial charge in [0.05, 0.1) is 20.6 Å². The van der Waals surface area contributed by atoms with Gasteiger partial charge in [-0.2, -0.15) is 0 Å². The summed E-state index contributed by atoms with van der Waals surface area (Å²) in [7, 11) is 3.98. The zero-order valence-corrected chi connectivity index (χ0v) is 17.3. The second kappa shape index (κ2) is 7.79. The number of benzene rings is 1. The Hall–Kier alpha value is -1.99. The van der Waals surface area contributed by atoms with E-state index in [1.165, 1.54) is 0 Å². The Balaban J connectivity index is 1.30. The number of carbonyl (C=O) groups excluding carboxylic acids is 2. The Morgan fingerprint density at radius 1 is 1.32 bits per heavy atom. The van der Waals surface area contributed by atoms with Crippen molar-refractivity contribution >= 4 is 33.4 Å². The van der Waals surface area contributed by atoms with E-state index in [9.17, 15) is 9.59 Å². The third kappa shape index (κ3) is 3.91. The first kappa shape index (κ1) is 19.3. The molecule has 0 N–H and O–H groups in total. The Bertz CT molecular complexity index is 838. The van der Waals surface area contributed by atoms with Gasteiger partial charge < -0.3 is 14.5 Å². The number of ether oxygens (including phenoxy) is 1. The van der Waals surface area contributed by atoms with Gasteiger partial charge in [0, 0.05) is 38.9 Å². The summed E-state index contributed by atoms with van der Waals surface area (Å²) in [5.41, 5.74) is 0.617. The molecule has 3 heterocycles. The molecule has 1 spiro atoms. The zero-order valence-electron chi connectivity index (χ0n) is 16.5. The predicted octanol–water partition coefficient (Wildman–Crippen LogP) is 2.71. The second-order valence-electron chi connectivity index (χ2n) is 8.23. The number of piperidine rings is 1. The summed E-state index contributed by atoms with van der Waals surface area (Å²) < 4.78 is 6.77. The van der Waals surface area contributed by atoms with E-state index in [2.05, 4.69) is 16.0 Å². The third-order valence-electron chi connectivity index (χ3n) is 5.86. The average Bonchev–Trinajstić information content (AvgIpc) is 3.20. The summed E-state index contributed by atoms with van der Waals surface area (Å²) in [5.74, 6) is 0.0891. The minimum atomic E-state index is -0.384. The van der Waals surface area contributed by atoms with Crippen LogP contribution in [-0.2, 0) is 20.7 Å². The number of hydrogen-bond donors (Lipinski definition) is 0. The molecular formula is C21H27N3O3S. The maximum atomic E-state index is 12.7. The molecule has 2 aromatic rings. The van der Waals surface area contributed by atoms with Crippen molar-refractivity contribution in [1.82, 2.24) is 14.8 Å². The second-order valence-corrected chi connectivity index (χ2v) is 9.35. The summed E-state index contributed by atoms with van der Waals surface area (Å²) in [5, 5.41) is 1.01. The lowest BCUT2D eigenvalue weighted by molar-refractivity contribution is -0.152. The lowest BCUT2D eigenvalue weighted by atomic mass is 9.76. The van der Waals surface area contributed by atoms with Gasteiger partial charge in [-0.1, -0.05) is 12.1 Å². The molecule has 7 heteroatoms. The van der Waals surface area contributed by atoms with Crippen molar-refractivity contribution < 1.29 is 14.3 Å². The highest BCUT2D eigenvalue weighted by molar-refractivity contribution is 7.18. The van der Waals surface area contributed by atoms with Gasteiger partial charge >= 0.3 is 5.97 Å². The molecule has 0 bridgehead atoms. The Morgan fingerprint density at radius 2 is 2.07 bits per heavy atom. The lowest BCUT2D eigenvalue weighted by Gasteiger charge is -2.36. The molecule has 1 aromatic carbocycles. The van der Waals surface area contributed by atoms with Gasteiger partial charge in [-0.25, -0.2) is 4.98 Å². The van der Waals surface area contributed by atoms with Crippen LogP contribution in [-0.4, -0.2) is 66.5 Å². The van der Waals surface area contributed by atoms with Crippen LogP contribution in [0.15, 0.2) is 24.3 Å². The first-order valence-electron chi connectivity index (χ1n) is 9.93. The number of aromatic nitrogens is 1. The van der Waals surface area contributed by atoms with Gasteiger partial charge in [-0.05, 0) is 39.1 Å². The zero-order chi connectivity index (χ0) is 19.7. The van der Waals surface area contributed by atoms with Crippen LogP contribution in [0, 0.1) is 5.41 Å². The fourth-order valence-electron chi connectivity index (χ4n) is 4.34. The fourth-order valence-corrected chi connectivity index (χ4v) is 5.30. The maximum Gasteiger partial charge on any atom is 0.312 e. The molecule has 2 aliphatic heterocycles. The molecule has 0 radical (unpaired) electrons. The molecule has 2 aliphatic rings. The molecule has 0 saturated carbocycles. The van der Waals surface area contributed by atoms with Crippen molar-refractivity contribution in [3.05, 3.63) is 29.3 Å². The van der Waals surface area contributed by atoms with E-state index in [4.69, 9.17) is 4.74 Å². The predicted molar refractivity (Wildman–Crippen MR) is 109 cm³/mol. The number of rotatable bonds is 5.